The molecule has 0 fully saturated rings. The lowest BCUT2D eigenvalue weighted by Gasteiger charge is -1.99. The maximum absolute atomic E-state index is 8.50. The van der Waals surface area contributed by atoms with Crippen LogP contribution in [0.15, 0.2) is 15.9 Å². The molecule has 1 aromatic rings. The fourth-order valence-electron chi connectivity index (χ4n) is 0.902. The van der Waals surface area contributed by atoms with Crippen LogP contribution in [0.3, 0.4) is 0 Å². The van der Waals surface area contributed by atoms with Crippen LogP contribution in [0.25, 0.3) is 0 Å². The first-order valence-corrected chi connectivity index (χ1v) is 5.49. The van der Waals surface area contributed by atoms with Crippen molar-refractivity contribution in [1.29, 1.82) is 0 Å². The highest BCUT2D eigenvalue weighted by Crippen LogP contribution is 2.21. The summed E-state index contributed by atoms with van der Waals surface area (Å²) in [4.78, 5) is 1.37. The summed E-state index contributed by atoms with van der Waals surface area (Å²) < 4.78 is 1.18. The van der Waals surface area contributed by atoms with E-state index in [9.17, 15) is 0 Å². The Morgan fingerprint density at radius 3 is 2.83 bits per heavy atom. The quantitative estimate of drug-likeness (QED) is 0.778. The van der Waals surface area contributed by atoms with E-state index >= 15 is 0 Å². The van der Waals surface area contributed by atoms with Gasteiger partial charge in [-0.3, -0.25) is 0 Å². The molecule has 0 amide bonds. The van der Waals surface area contributed by atoms with Crippen LogP contribution in [0, 0.1) is 0 Å². The monoisotopic (exact) mass is 249 g/mol. The number of thiophene rings is 1. The van der Waals surface area contributed by atoms with E-state index in [1.165, 1.54) is 8.66 Å². The summed E-state index contributed by atoms with van der Waals surface area (Å²) >= 11 is 5.17. The number of rotatable bonds is 5. The lowest BCUT2D eigenvalue weighted by Crippen LogP contribution is -2.20. The average Bonchev–Trinajstić information content (AvgIpc) is 2.45. The van der Waals surface area contributed by atoms with Crippen molar-refractivity contribution >= 4 is 27.3 Å². The van der Waals surface area contributed by atoms with Crippen LogP contribution in [0.1, 0.15) is 4.88 Å². The van der Waals surface area contributed by atoms with Crippen LogP contribution in [-0.2, 0) is 6.42 Å². The number of nitrogens with one attached hydrogen (secondary N) is 1. The molecule has 0 unspecified atom stereocenters. The summed E-state index contributed by atoms with van der Waals surface area (Å²) in [5, 5.41) is 11.6. The zero-order valence-corrected chi connectivity index (χ0v) is 9.12. The standard InChI is InChI=1S/C8H12BrNOS/c9-8-2-1-7(12-8)3-4-10-5-6-11/h1-2,10-11H,3-6H2. The van der Waals surface area contributed by atoms with Crippen molar-refractivity contribution in [3.8, 4) is 0 Å². The van der Waals surface area contributed by atoms with E-state index in [0.29, 0.717) is 6.54 Å². The molecule has 0 aliphatic heterocycles. The smallest absolute Gasteiger partial charge is 0.0701 e. The summed E-state index contributed by atoms with van der Waals surface area (Å²) in [5.74, 6) is 0. The normalized spacial score (nSPS) is 10.5. The van der Waals surface area contributed by atoms with Crippen molar-refractivity contribution in [3.63, 3.8) is 0 Å². The molecule has 0 aromatic carbocycles. The SMILES string of the molecule is OCCNCCc1ccc(Br)s1. The molecule has 0 spiro atoms. The third-order valence-corrected chi connectivity index (χ3v) is 3.15. The third-order valence-electron chi connectivity index (χ3n) is 1.47. The largest absolute Gasteiger partial charge is 0.395 e. The molecule has 0 saturated carbocycles. The molecule has 4 heteroatoms. The molecule has 1 heterocycles. The van der Waals surface area contributed by atoms with Crippen molar-refractivity contribution < 1.29 is 5.11 Å². The van der Waals surface area contributed by atoms with Crippen LogP contribution in [0.2, 0.25) is 0 Å². The van der Waals surface area contributed by atoms with E-state index in [0.717, 1.165) is 13.0 Å². The maximum Gasteiger partial charge on any atom is 0.0701 e. The van der Waals surface area contributed by atoms with Gasteiger partial charge in [0.1, 0.15) is 0 Å². The number of aliphatic hydroxyl groups excluding tert-OH is 1. The predicted octanol–water partition coefficient (Wildman–Crippen LogP) is 1.63. The lowest BCUT2D eigenvalue weighted by molar-refractivity contribution is 0.293. The second-order valence-electron chi connectivity index (χ2n) is 2.43. The Morgan fingerprint density at radius 2 is 2.25 bits per heavy atom. The fraction of sp³-hybridized carbons (Fsp3) is 0.500. The highest BCUT2D eigenvalue weighted by Gasteiger charge is 1.96. The van der Waals surface area contributed by atoms with Gasteiger partial charge in [0.2, 0.25) is 0 Å². The van der Waals surface area contributed by atoms with Crippen LogP contribution in [0.4, 0.5) is 0 Å². The van der Waals surface area contributed by atoms with Gasteiger partial charge in [0, 0.05) is 18.0 Å². The van der Waals surface area contributed by atoms with Crippen molar-refractivity contribution in [1.82, 2.24) is 5.32 Å². The molecule has 0 aliphatic rings. The Labute approximate surface area is 84.7 Å². The minimum atomic E-state index is 0.216. The fourth-order valence-corrected chi connectivity index (χ4v) is 2.38. The molecule has 2 N–H and O–H groups in total. The molecule has 0 aliphatic carbocycles. The van der Waals surface area contributed by atoms with Gasteiger partial charge >= 0.3 is 0 Å². The number of aliphatic hydroxyl groups is 1. The molecule has 2 nitrogen and oxygen atoms in total. The van der Waals surface area contributed by atoms with Gasteiger partial charge in [0.15, 0.2) is 0 Å². The van der Waals surface area contributed by atoms with Gasteiger partial charge in [0.25, 0.3) is 0 Å². The summed E-state index contributed by atoms with van der Waals surface area (Å²) in [6.07, 6.45) is 1.04. The number of hydrogen-bond donors (Lipinski definition) is 2. The van der Waals surface area contributed by atoms with E-state index < -0.39 is 0 Å². The van der Waals surface area contributed by atoms with Crippen molar-refractivity contribution in [3.05, 3.63) is 20.8 Å². The summed E-state index contributed by atoms with van der Waals surface area (Å²) in [7, 11) is 0. The molecule has 1 aromatic heterocycles. The first-order valence-electron chi connectivity index (χ1n) is 3.88. The Morgan fingerprint density at radius 1 is 1.42 bits per heavy atom. The van der Waals surface area contributed by atoms with E-state index in [1.807, 2.05) is 0 Å². The Hall–Kier alpha value is 0.1000. The highest BCUT2D eigenvalue weighted by atomic mass is 79.9. The Kier molecular flexibility index (Phi) is 4.83. The van der Waals surface area contributed by atoms with Crippen LogP contribution >= 0.6 is 27.3 Å². The Bertz CT molecular complexity index is 227. The minimum absolute atomic E-state index is 0.216. The van der Waals surface area contributed by atoms with E-state index in [4.69, 9.17) is 5.11 Å². The minimum Gasteiger partial charge on any atom is -0.395 e. The van der Waals surface area contributed by atoms with Gasteiger partial charge in [0.05, 0.1) is 10.4 Å². The van der Waals surface area contributed by atoms with Gasteiger partial charge < -0.3 is 10.4 Å². The zero-order chi connectivity index (χ0) is 8.81. The number of halogens is 1. The van der Waals surface area contributed by atoms with Crippen molar-refractivity contribution in [2.45, 2.75) is 6.42 Å². The summed E-state index contributed by atoms with van der Waals surface area (Å²) in [6.45, 7) is 1.84. The van der Waals surface area contributed by atoms with E-state index in [2.05, 4.69) is 33.4 Å². The molecular formula is C8H12BrNOS. The maximum atomic E-state index is 8.50. The van der Waals surface area contributed by atoms with Gasteiger partial charge in [-0.25, -0.2) is 0 Å². The zero-order valence-electron chi connectivity index (χ0n) is 6.72. The topological polar surface area (TPSA) is 32.3 Å². The highest BCUT2D eigenvalue weighted by molar-refractivity contribution is 9.11. The summed E-state index contributed by atoms with van der Waals surface area (Å²) in [6, 6.07) is 4.18. The molecule has 12 heavy (non-hydrogen) atoms. The molecule has 68 valence electrons. The van der Waals surface area contributed by atoms with E-state index in [1.54, 1.807) is 11.3 Å². The van der Waals surface area contributed by atoms with Gasteiger partial charge in [-0.05, 0) is 34.5 Å². The molecule has 1 rings (SSSR count). The van der Waals surface area contributed by atoms with Crippen LogP contribution < -0.4 is 5.32 Å². The van der Waals surface area contributed by atoms with E-state index in [-0.39, 0.29) is 6.61 Å². The first-order chi connectivity index (χ1) is 5.83. The molecule has 0 saturated heterocycles. The first kappa shape index (κ1) is 10.2. The predicted molar refractivity (Wildman–Crippen MR) is 55.7 cm³/mol. The number of hydrogen-bond acceptors (Lipinski definition) is 3. The molecule has 0 radical (unpaired) electrons. The van der Waals surface area contributed by atoms with Gasteiger partial charge in [-0.1, -0.05) is 0 Å². The second kappa shape index (κ2) is 5.70. The molecular weight excluding hydrogens is 238 g/mol. The van der Waals surface area contributed by atoms with Gasteiger partial charge in [-0.2, -0.15) is 0 Å². The van der Waals surface area contributed by atoms with Crippen LogP contribution in [-0.4, -0.2) is 24.8 Å². The molecule has 0 atom stereocenters. The Balaban J connectivity index is 2.15. The molecule has 0 bridgehead atoms. The lowest BCUT2D eigenvalue weighted by atomic mass is 10.3. The van der Waals surface area contributed by atoms with Crippen molar-refractivity contribution in [2.24, 2.45) is 0 Å². The average molecular weight is 250 g/mol. The van der Waals surface area contributed by atoms with Gasteiger partial charge in [-0.15, -0.1) is 11.3 Å². The van der Waals surface area contributed by atoms with Crippen LogP contribution in [0.5, 0.6) is 0 Å². The third kappa shape index (κ3) is 3.67. The van der Waals surface area contributed by atoms with Crippen molar-refractivity contribution in [2.75, 3.05) is 19.7 Å². The second-order valence-corrected chi connectivity index (χ2v) is 4.98. The summed E-state index contributed by atoms with van der Waals surface area (Å²) in [5.41, 5.74) is 0.